The van der Waals surface area contributed by atoms with Gasteiger partial charge in [0.25, 0.3) is 5.91 Å². The number of ether oxygens (including phenoxy) is 1. The second-order valence-corrected chi connectivity index (χ2v) is 9.79. The summed E-state index contributed by atoms with van der Waals surface area (Å²) in [6.45, 7) is 2.06. The van der Waals surface area contributed by atoms with Gasteiger partial charge in [0.05, 0.1) is 0 Å². The molecule has 2 aliphatic rings. The van der Waals surface area contributed by atoms with Gasteiger partial charge in [0.1, 0.15) is 17.7 Å². The number of esters is 1. The van der Waals surface area contributed by atoms with Gasteiger partial charge in [-0.3, -0.25) is 9.69 Å². The molecule has 0 bridgehead atoms. The third kappa shape index (κ3) is 2.63. The Morgan fingerprint density at radius 2 is 2.09 bits per heavy atom. The molecule has 0 N–H and O–H groups in total. The molecule has 22 heavy (non-hydrogen) atoms. The van der Waals surface area contributed by atoms with Crippen molar-refractivity contribution in [2.24, 2.45) is 0 Å². The summed E-state index contributed by atoms with van der Waals surface area (Å²) in [7, 11) is 0. The predicted octanol–water partition coefficient (Wildman–Crippen LogP) is 3.41. The van der Waals surface area contributed by atoms with Crippen LogP contribution in [0.15, 0.2) is 41.6 Å². The highest BCUT2D eigenvalue weighted by Crippen LogP contribution is 2.53. The van der Waals surface area contributed by atoms with Crippen LogP contribution in [0.4, 0.5) is 0 Å². The maximum absolute atomic E-state index is 12.4. The van der Waals surface area contributed by atoms with Crippen LogP contribution in [-0.2, 0) is 20.9 Å². The highest BCUT2D eigenvalue weighted by molar-refractivity contribution is 9.26. The molecule has 2 heterocycles. The first-order valence-electron chi connectivity index (χ1n) is 6.67. The second kappa shape index (κ2) is 6.02. The molecule has 0 aliphatic carbocycles. The van der Waals surface area contributed by atoms with Crippen molar-refractivity contribution in [3.8, 4) is 0 Å². The van der Waals surface area contributed by atoms with Gasteiger partial charge in [-0.25, -0.2) is 4.79 Å². The van der Waals surface area contributed by atoms with Gasteiger partial charge < -0.3 is 4.74 Å². The molecule has 0 spiro atoms. The van der Waals surface area contributed by atoms with Crippen LogP contribution in [0.1, 0.15) is 12.5 Å². The van der Waals surface area contributed by atoms with Crippen molar-refractivity contribution in [2.75, 3.05) is 5.75 Å². The summed E-state index contributed by atoms with van der Waals surface area (Å²) in [5, 5.41) is -0.136. The Bertz CT molecular complexity index is 660. The maximum Gasteiger partial charge on any atom is 0.355 e. The van der Waals surface area contributed by atoms with E-state index < -0.39 is 9.20 Å². The van der Waals surface area contributed by atoms with Crippen LogP contribution in [0.5, 0.6) is 0 Å². The predicted molar refractivity (Wildman–Crippen MR) is 92.6 cm³/mol. The standard InChI is InChI=1S/C15H13Br2NO3S/c1-9-8-22-14-15(16,17)13(20)18(14)11(9)12(19)21-7-10-5-3-2-4-6-10/h2-6,14H,7-8H2,1H3/t14-/m0/s1. The zero-order valence-electron chi connectivity index (χ0n) is 11.7. The lowest BCUT2D eigenvalue weighted by atomic mass is 10.1. The van der Waals surface area contributed by atoms with E-state index >= 15 is 0 Å². The summed E-state index contributed by atoms with van der Waals surface area (Å²) in [6.07, 6.45) is 0. The number of hydrogen-bond donors (Lipinski definition) is 0. The number of halogens is 2. The van der Waals surface area contributed by atoms with Crippen molar-refractivity contribution in [3.05, 3.63) is 47.2 Å². The maximum atomic E-state index is 12.4. The summed E-state index contributed by atoms with van der Waals surface area (Å²) in [6, 6.07) is 9.48. The molecule has 7 heteroatoms. The van der Waals surface area contributed by atoms with Crippen molar-refractivity contribution in [3.63, 3.8) is 0 Å². The number of carbonyl (C=O) groups is 2. The first kappa shape index (κ1) is 16.1. The number of carbonyl (C=O) groups excluding carboxylic acids is 2. The molecule has 0 aromatic heterocycles. The van der Waals surface area contributed by atoms with Gasteiger partial charge in [-0.2, -0.15) is 0 Å². The molecule has 1 amide bonds. The zero-order valence-corrected chi connectivity index (χ0v) is 15.7. The molecule has 3 rings (SSSR count). The lowest BCUT2D eigenvalue weighted by Gasteiger charge is -2.52. The van der Waals surface area contributed by atoms with E-state index in [9.17, 15) is 9.59 Å². The number of nitrogens with zero attached hydrogens (tertiary/aromatic N) is 1. The van der Waals surface area contributed by atoms with Gasteiger partial charge in [0.15, 0.2) is 3.23 Å². The zero-order chi connectivity index (χ0) is 15.9. The molecule has 0 saturated carbocycles. The molecule has 2 aliphatic heterocycles. The third-order valence-electron chi connectivity index (χ3n) is 3.56. The number of amides is 1. The Hall–Kier alpha value is -0.790. The summed E-state index contributed by atoms with van der Waals surface area (Å²) in [4.78, 5) is 26.2. The average Bonchev–Trinajstić information content (AvgIpc) is 2.52. The van der Waals surface area contributed by atoms with Crippen molar-refractivity contribution < 1.29 is 14.3 Å². The fourth-order valence-corrected chi connectivity index (χ4v) is 5.20. The van der Waals surface area contributed by atoms with Gasteiger partial charge in [0.2, 0.25) is 0 Å². The summed E-state index contributed by atoms with van der Waals surface area (Å²) in [5.41, 5.74) is 2.16. The molecule has 1 saturated heterocycles. The van der Waals surface area contributed by atoms with E-state index in [2.05, 4.69) is 31.9 Å². The number of benzene rings is 1. The topological polar surface area (TPSA) is 46.6 Å². The molecular formula is C15H13Br2NO3S. The smallest absolute Gasteiger partial charge is 0.355 e. The lowest BCUT2D eigenvalue weighted by Crippen LogP contribution is -2.67. The molecule has 1 atom stereocenters. The highest BCUT2D eigenvalue weighted by atomic mass is 79.9. The van der Waals surface area contributed by atoms with Crippen molar-refractivity contribution in [1.29, 1.82) is 0 Å². The Morgan fingerprint density at radius 1 is 1.41 bits per heavy atom. The van der Waals surface area contributed by atoms with Gasteiger partial charge in [0, 0.05) is 5.75 Å². The van der Waals surface area contributed by atoms with E-state index in [0.717, 1.165) is 11.1 Å². The molecule has 0 unspecified atom stereocenters. The number of β-lactam (4-membered cyclic amide) rings is 1. The van der Waals surface area contributed by atoms with E-state index in [1.807, 2.05) is 37.3 Å². The van der Waals surface area contributed by atoms with E-state index in [-0.39, 0.29) is 17.9 Å². The van der Waals surface area contributed by atoms with E-state index in [4.69, 9.17) is 4.74 Å². The summed E-state index contributed by atoms with van der Waals surface area (Å²) < 4.78 is 4.60. The van der Waals surface area contributed by atoms with Crippen LogP contribution in [0.25, 0.3) is 0 Å². The molecule has 0 radical (unpaired) electrons. The van der Waals surface area contributed by atoms with Crippen LogP contribution >= 0.6 is 43.6 Å². The van der Waals surface area contributed by atoms with E-state index in [1.165, 1.54) is 4.90 Å². The number of fused-ring (bicyclic) bond motifs is 1. The number of alkyl halides is 2. The van der Waals surface area contributed by atoms with Crippen LogP contribution in [-0.4, -0.2) is 31.1 Å². The lowest BCUT2D eigenvalue weighted by molar-refractivity contribution is -0.150. The van der Waals surface area contributed by atoms with Crippen molar-refractivity contribution >= 4 is 55.5 Å². The Kier molecular flexibility index (Phi) is 4.40. The first-order chi connectivity index (χ1) is 10.4. The summed E-state index contributed by atoms with van der Waals surface area (Å²) >= 11 is 8.36. The quantitative estimate of drug-likeness (QED) is 0.405. The Balaban J connectivity index is 1.75. The number of hydrogen-bond acceptors (Lipinski definition) is 4. The average molecular weight is 447 g/mol. The van der Waals surface area contributed by atoms with Crippen LogP contribution in [0.3, 0.4) is 0 Å². The highest BCUT2D eigenvalue weighted by Gasteiger charge is 2.62. The van der Waals surface area contributed by atoms with E-state index in [1.54, 1.807) is 11.8 Å². The minimum Gasteiger partial charge on any atom is -0.456 e. The molecule has 116 valence electrons. The Morgan fingerprint density at radius 3 is 2.77 bits per heavy atom. The monoisotopic (exact) mass is 445 g/mol. The second-order valence-electron chi connectivity index (χ2n) is 5.15. The minimum atomic E-state index is -0.781. The fourth-order valence-electron chi connectivity index (χ4n) is 2.41. The van der Waals surface area contributed by atoms with Gasteiger partial charge in [-0.1, -0.05) is 62.2 Å². The van der Waals surface area contributed by atoms with Crippen LogP contribution in [0, 0.1) is 0 Å². The molecule has 1 aromatic carbocycles. The van der Waals surface area contributed by atoms with Crippen molar-refractivity contribution in [2.45, 2.75) is 22.1 Å². The Labute approximate surface area is 149 Å². The molecule has 4 nitrogen and oxygen atoms in total. The van der Waals surface area contributed by atoms with Crippen LogP contribution in [0.2, 0.25) is 0 Å². The van der Waals surface area contributed by atoms with Crippen molar-refractivity contribution in [1.82, 2.24) is 4.90 Å². The van der Waals surface area contributed by atoms with Gasteiger partial charge >= 0.3 is 5.97 Å². The SMILES string of the molecule is CC1=C(C(=O)OCc2ccccc2)N2C(=O)C(Br)(Br)[C@@H]2SC1. The number of rotatable bonds is 3. The molecule has 1 aromatic rings. The fraction of sp³-hybridized carbons (Fsp3) is 0.333. The normalized spacial score (nSPS) is 23.0. The van der Waals surface area contributed by atoms with Crippen LogP contribution < -0.4 is 0 Å². The summed E-state index contributed by atoms with van der Waals surface area (Å²) in [5.74, 6) is 0.0783. The van der Waals surface area contributed by atoms with E-state index in [0.29, 0.717) is 11.4 Å². The number of thioether (sulfide) groups is 1. The van der Waals surface area contributed by atoms with Gasteiger partial charge in [-0.15, -0.1) is 11.8 Å². The molecule has 1 fully saturated rings. The minimum absolute atomic E-state index is 0.136. The largest absolute Gasteiger partial charge is 0.456 e. The third-order valence-corrected chi connectivity index (χ3v) is 7.19. The van der Waals surface area contributed by atoms with Gasteiger partial charge in [-0.05, 0) is 18.1 Å². The molecular weight excluding hydrogens is 434 g/mol. The first-order valence-corrected chi connectivity index (χ1v) is 9.30.